The highest BCUT2D eigenvalue weighted by Crippen LogP contribution is 2.36. The third-order valence-electron chi connectivity index (χ3n) is 3.13. The summed E-state index contributed by atoms with van der Waals surface area (Å²) in [6, 6.07) is 12.9. The van der Waals surface area contributed by atoms with Crippen molar-refractivity contribution in [2.75, 3.05) is 5.32 Å². The standard InChI is InChI=1S/C16H13ClFNS2/c1-10-4-5-11(18)12(9-10)19-16(13-3-2-8-20-13)14-6-7-15(17)21-14/h2-9,16,19H,1H3. The minimum atomic E-state index is -0.246. The number of thiophene rings is 2. The van der Waals surface area contributed by atoms with E-state index in [1.54, 1.807) is 17.4 Å². The summed E-state index contributed by atoms with van der Waals surface area (Å²) >= 11 is 9.20. The van der Waals surface area contributed by atoms with Crippen LogP contribution in [-0.2, 0) is 0 Å². The van der Waals surface area contributed by atoms with E-state index in [1.165, 1.54) is 17.4 Å². The number of rotatable bonds is 4. The Hall–Kier alpha value is -1.36. The molecule has 0 spiro atoms. The van der Waals surface area contributed by atoms with Gasteiger partial charge >= 0.3 is 0 Å². The molecule has 2 heterocycles. The number of hydrogen-bond acceptors (Lipinski definition) is 3. The van der Waals surface area contributed by atoms with Gasteiger partial charge in [0.25, 0.3) is 0 Å². The fourth-order valence-electron chi connectivity index (χ4n) is 2.13. The first-order valence-electron chi connectivity index (χ1n) is 6.45. The van der Waals surface area contributed by atoms with Crippen molar-refractivity contribution in [2.45, 2.75) is 13.0 Å². The van der Waals surface area contributed by atoms with Gasteiger partial charge in [0, 0.05) is 9.75 Å². The minimum absolute atomic E-state index is 0.0844. The van der Waals surface area contributed by atoms with E-state index in [1.807, 2.05) is 42.6 Å². The van der Waals surface area contributed by atoms with Crippen molar-refractivity contribution >= 4 is 40.0 Å². The van der Waals surface area contributed by atoms with Crippen molar-refractivity contribution in [1.29, 1.82) is 0 Å². The maximum atomic E-state index is 14.0. The Labute approximate surface area is 136 Å². The summed E-state index contributed by atoms with van der Waals surface area (Å²) in [5, 5.41) is 5.33. The zero-order chi connectivity index (χ0) is 14.8. The molecule has 1 N–H and O–H groups in total. The second-order valence-corrected chi connectivity index (χ2v) is 7.44. The van der Waals surface area contributed by atoms with Crippen molar-refractivity contribution < 1.29 is 4.39 Å². The first-order chi connectivity index (χ1) is 10.1. The highest BCUT2D eigenvalue weighted by molar-refractivity contribution is 7.16. The lowest BCUT2D eigenvalue weighted by Gasteiger charge is -2.18. The molecular weight excluding hydrogens is 325 g/mol. The number of nitrogens with one attached hydrogen (secondary N) is 1. The van der Waals surface area contributed by atoms with Crippen LogP contribution in [0.25, 0.3) is 0 Å². The van der Waals surface area contributed by atoms with Gasteiger partial charge in [-0.05, 0) is 48.2 Å². The molecule has 0 aliphatic heterocycles. The normalized spacial score (nSPS) is 12.3. The number of anilines is 1. The van der Waals surface area contributed by atoms with Gasteiger partial charge < -0.3 is 5.32 Å². The molecule has 1 unspecified atom stereocenters. The molecule has 5 heteroatoms. The van der Waals surface area contributed by atoms with Crippen molar-refractivity contribution in [1.82, 2.24) is 0 Å². The number of benzene rings is 1. The van der Waals surface area contributed by atoms with E-state index < -0.39 is 0 Å². The Kier molecular flexibility index (Phi) is 4.29. The van der Waals surface area contributed by atoms with Crippen LogP contribution in [0.2, 0.25) is 4.34 Å². The van der Waals surface area contributed by atoms with Gasteiger partial charge in [-0.15, -0.1) is 22.7 Å². The molecule has 0 aliphatic carbocycles. The smallest absolute Gasteiger partial charge is 0.146 e. The summed E-state index contributed by atoms with van der Waals surface area (Å²) in [5.41, 5.74) is 1.53. The molecular formula is C16H13ClFNS2. The second kappa shape index (κ2) is 6.18. The van der Waals surface area contributed by atoms with Crippen molar-refractivity contribution in [2.24, 2.45) is 0 Å². The first-order valence-corrected chi connectivity index (χ1v) is 8.52. The summed E-state index contributed by atoms with van der Waals surface area (Å²) in [4.78, 5) is 2.21. The van der Waals surface area contributed by atoms with E-state index >= 15 is 0 Å². The molecule has 108 valence electrons. The van der Waals surface area contributed by atoms with E-state index in [4.69, 9.17) is 11.6 Å². The van der Waals surface area contributed by atoms with Gasteiger partial charge in [-0.25, -0.2) is 4.39 Å². The topological polar surface area (TPSA) is 12.0 Å². The predicted molar refractivity (Wildman–Crippen MR) is 90.3 cm³/mol. The summed E-state index contributed by atoms with van der Waals surface area (Å²) in [7, 11) is 0. The monoisotopic (exact) mass is 337 g/mol. The average Bonchev–Trinajstić information content (AvgIpc) is 3.11. The van der Waals surface area contributed by atoms with E-state index in [2.05, 4.69) is 5.32 Å². The van der Waals surface area contributed by atoms with E-state index in [0.29, 0.717) is 5.69 Å². The Morgan fingerprint density at radius 2 is 2.00 bits per heavy atom. The van der Waals surface area contributed by atoms with Gasteiger partial charge in [0.05, 0.1) is 16.1 Å². The summed E-state index contributed by atoms with van der Waals surface area (Å²) in [5.74, 6) is -0.246. The molecule has 0 aliphatic rings. The van der Waals surface area contributed by atoms with E-state index in [9.17, 15) is 4.39 Å². The third kappa shape index (κ3) is 3.28. The highest BCUT2D eigenvalue weighted by Gasteiger charge is 2.18. The van der Waals surface area contributed by atoms with E-state index in [0.717, 1.165) is 19.7 Å². The molecule has 3 aromatic rings. The van der Waals surface area contributed by atoms with Crippen LogP contribution in [0, 0.1) is 12.7 Å². The van der Waals surface area contributed by atoms with Crippen LogP contribution < -0.4 is 5.32 Å². The molecule has 0 radical (unpaired) electrons. The minimum Gasteiger partial charge on any atom is -0.370 e. The molecule has 0 amide bonds. The van der Waals surface area contributed by atoms with Crippen LogP contribution >= 0.6 is 34.3 Å². The largest absolute Gasteiger partial charge is 0.370 e. The quantitative estimate of drug-likeness (QED) is 0.605. The molecule has 0 bridgehead atoms. The van der Waals surface area contributed by atoms with Crippen LogP contribution in [-0.4, -0.2) is 0 Å². The fourth-order valence-corrected chi connectivity index (χ4v) is 4.13. The van der Waals surface area contributed by atoms with Crippen molar-refractivity contribution in [3.63, 3.8) is 0 Å². The maximum Gasteiger partial charge on any atom is 0.146 e. The zero-order valence-corrected chi connectivity index (χ0v) is 13.7. The average molecular weight is 338 g/mol. The molecule has 0 saturated carbocycles. The number of aryl methyl sites for hydroxylation is 1. The molecule has 0 saturated heterocycles. The Morgan fingerprint density at radius 3 is 2.67 bits per heavy atom. The van der Waals surface area contributed by atoms with Crippen LogP contribution in [0.3, 0.4) is 0 Å². The second-order valence-electron chi connectivity index (χ2n) is 4.72. The van der Waals surface area contributed by atoms with Crippen LogP contribution in [0.1, 0.15) is 21.4 Å². The lowest BCUT2D eigenvalue weighted by molar-refractivity contribution is 0.628. The van der Waals surface area contributed by atoms with Crippen LogP contribution in [0.15, 0.2) is 47.8 Å². The maximum absolute atomic E-state index is 14.0. The number of halogens is 2. The Bertz CT molecular complexity index is 737. The third-order valence-corrected chi connectivity index (χ3v) is 5.36. The van der Waals surface area contributed by atoms with Gasteiger partial charge in [-0.2, -0.15) is 0 Å². The Balaban J connectivity index is 1.98. The summed E-state index contributed by atoms with van der Waals surface area (Å²) in [6.45, 7) is 1.95. The molecule has 2 aromatic heterocycles. The lowest BCUT2D eigenvalue weighted by Crippen LogP contribution is -2.10. The van der Waals surface area contributed by atoms with Gasteiger partial charge in [0.1, 0.15) is 5.82 Å². The van der Waals surface area contributed by atoms with Crippen molar-refractivity contribution in [3.05, 3.63) is 73.3 Å². The lowest BCUT2D eigenvalue weighted by atomic mass is 10.1. The van der Waals surface area contributed by atoms with Gasteiger partial charge in [0.2, 0.25) is 0 Å². The zero-order valence-electron chi connectivity index (χ0n) is 11.3. The molecule has 0 fully saturated rings. The van der Waals surface area contributed by atoms with Crippen LogP contribution in [0.5, 0.6) is 0 Å². The van der Waals surface area contributed by atoms with Crippen LogP contribution in [0.4, 0.5) is 10.1 Å². The highest BCUT2D eigenvalue weighted by atomic mass is 35.5. The Morgan fingerprint density at radius 1 is 1.14 bits per heavy atom. The molecule has 3 rings (SSSR count). The van der Waals surface area contributed by atoms with Gasteiger partial charge in [-0.1, -0.05) is 23.7 Å². The van der Waals surface area contributed by atoms with Crippen molar-refractivity contribution in [3.8, 4) is 0 Å². The molecule has 1 aromatic carbocycles. The van der Waals surface area contributed by atoms with E-state index in [-0.39, 0.29) is 11.9 Å². The van der Waals surface area contributed by atoms with Gasteiger partial charge in [0.15, 0.2) is 0 Å². The number of hydrogen-bond donors (Lipinski definition) is 1. The predicted octanol–water partition coefficient (Wildman–Crippen LogP) is 6.11. The summed E-state index contributed by atoms with van der Waals surface area (Å²) in [6.07, 6.45) is 0. The fraction of sp³-hybridized carbons (Fsp3) is 0.125. The molecule has 1 nitrogen and oxygen atoms in total. The summed E-state index contributed by atoms with van der Waals surface area (Å²) < 4.78 is 14.7. The molecule has 1 atom stereocenters. The molecule has 21 heavy (non-hydrogen) atoms. The first kappa shape index (κ1) is 14.6. The van der Waals surface area contributed by atoms with Gasteiger partial charge in [-0.3, -0.25) is 0 Å². The SMILES string of the molecule is Cc1ccc(F)c(NC(c2cccs2)c2ccc(Cl)s2)c1.